The largest absolute Gasteiger partial charge is 0.338 e. The lowest BCUT2D eigenvalue weighted by atomic mass is 9.99. The van der Waals surface area contributed by atoms with Crippen LogP contribution < -0.4 is 16.0 Å². The Morgan fingerprint density at radius 2 is 1.85 bits per heavy atom. The highest BCUT2D eigenvalue weighted by Gasteiger charge is 2.28. The van der Waals surface area contributed by atoms with Crippen LogP contribution in [0.15, 0.2) is 59.5 Å². The number of benzene rings is 2. The summed E-state index contributed by atoms with van der Waals surface area (Å²) in [5, 5.41) is 8.51. The monoisotopic (exact) mass is 369 g/mol. The predicted molar refractivity (Wildman–Crippen MR) is 104 cm³/mol. The van der Waals surface area contributed by atoms with E-state index in [0.717, 1.165) is 17.7 Å². The van der Waals surface area contributed by atoms with Crippen molar-refractivity contribution in [3.8, 4) is 0 Å². The fourth-order valence-corrected chi connectivity index (χ4v) is 4.20. The van der Waals surface area contributed by atoms with E-state index in [4.69, 9.17) is 0 Å². The van der Waals surface area contributed by atoms with Crippen LogP contribution in [-0.2, 0) is 4.79 Å². The van der Waals surface area contributed by atoms with Crippen molar-refractivity contribution in [1.29, 1.82) is 0 Å². The molecule has 1 heterocycles. The molecule has 3 amide bonds. The first-order valence-corrected chi connectivity index (χ1v) is 9.79. The molecule has 2 aromatic carbocycles. The molecule has 0 unspecified atom stereocenters. The van der Waals surface area contributed by atoms with E-state index in [9.17, 15) is 9.59 Å². The van der Waals surface area contributed by atoms with Gasteiger partial charge in [0.05, 0.1) is 0 Å². The van der Waals surface area contributed by atoms with Crippen LogP contribution >= 0.6 is 11.8 Å². The summed E-state index contributed by atoms with van der Waals surface area (Å²) in [4.78, 5) is 25.8. The highest BCUT2D eigenvalue weighted by atomic mass is 32.2. The van der Waals surface area contributed by atoms with Crippen molar-refractivity contribution in [2.45, 2.75) is 30.3 Å². The molecule has 1 aliphatic heterocycles. The van der Waals surface area contributed by atoms with Gasteiger partial charge in [-0.15, -0.1) is 11.8 Å². The number of amides is 3. The molecule has 0 spiro atoms. The Balaban J connectivity index is 1.83. The van der Waals surface area contributed by atoms with E-state index in [1.165, 1.54) is 10.5 Å². The summed E-state index contributed by atoms with van der Waals surface area (Å²) < 4.78 is 0. The van der Waals surface area contributed by atoms with Crippen LogP contribution in [0.5, 0.6) is 0 Å². The second kappa shape index (κ2) is 8.87. The Bertz CT molecular complexity index is 767. The van der Waals surface area contributed by atoms with Crippen LogP contribution in [0.4, 0.5) is 4.79 Å². The molecule has 3 rings (SSSR count). The molecule has 0 radical (unpaired) electrons. The lowest BCUT2D eigenvalue weighted by molar-refractivity contribution is -0.122. The minimum atomic E-state index is -0.597. The van der Waals surface area contributed by atoms with Crippen molar-refractivity contribution in [1.82, 2.24) is 16.0 Å². The van der Waals surface area contributed by atoms with Gasteiger partial charge in [0.15, 0.2) is 0 Å². The molecule has 0 saturated heterocycles. The van der Waals surface area contributed by atoms with Crippen LogP contribution in [-0.4, -0.2) is 24.2 Å². The number of urea groups is 1. The van der Waals surface area contributed by atoms with E-state index >= 15 is 0 Å². The van der Waals surface area contributed by atoms with E-state index < -0.39 is 12.1 Å². The van der Waals surface area contributed by atoms with Crippen molar-refractivity contribution in [2.75, 3.05) is 12.3 Å². The molecule has 2 aromatic rings. The molecular weight excluding hydrogens is 346 g/mol. The maximum absolute atomic E-state index is 12.8. The Hall–Kier alpha value is -2.31. The quantitative estimate of drug-likeness (QED) is 0.755. The van der Waals surface area contributed by atoms with Crippen molar-refractivity contribution in [3.63, 3.8) is 0 Å². The number of hydrogen-bond acceptors (Lipinski definition) is 4. The van der Waals surface area contributed by atoms with Crippen LogP contribution in [0.3, 0.4) is 0 Å². The fraction of sp³-hybridized carbons (Fsp3) is 0.300. The third kappa shape index (κ3) is 4.45. The zero-order chi connectivity index (χ0) is 18.4. The summed E-state index contributed by atoms with van der Waals surface area (Å²) in [5.74, 6) is 0.645. The topological polar surface area (TPSA) is 70.2 Å². The number of thioether (sulfide) groups is 1. The summed E-state index contributed by atoms with van der Waals surface area (Å²) in [7, 11) is 0. The molecule has 136 valence electrons. The SMILES string of the molecule is CCNC(=O)NC(=O)[C@H](N[C@@H]1CCSc2ccccc21)c1ccccc1. The molecule has 2 atom stereocenters. The van der Waals surface area contributed by atoms with Crippen molar-refractivity contribution < 1.29 is 9.59 Å². The van der Waals surface area contributed by atoms with Gasteiger partial charge in [0, 0.05) is 17.5 Å². The maximum atomic E-state index is 12.8. The summed E-state index contributed by atoms with van der Waals surface area (Å²) in [6.07, 6.45) is 0.930. The Morgan fingerprint density at radius 3 is 2.62 bits per heavy atom. The standard InChI is InChI=1S/C20H23N3O2S/c1-2-21-20(25)23-19(24)18(14-8-4-3-5-9-14)22-16-12-13-26-17-11-7-6-10-15(16)17/h3-11,16,18,22H,2,12-13H2,1H3,(H2,21,23,24,25)/t16-,18-/m1/s1. The Kier molecular flexibility index (Phi) is 6.30. The van der Waals surface area contributed by atoms with E-state index in [1.807, 2.05) is 61.2 Å². The highest BCUT2D eigenvalue weighted by molar-refractivity contribution is 7.99. The maximum Gasteiger partial charge on any atom is 0.321 e. The number of rotatable bonds is 5. The van der Waals surface area contributed by atoms with Crippen LogP contribution in [0, 0.1) is 0 Å². The van der Waals surface area contributed by atoms with Crippen molar-refractivity contribution >= 4 is 23.7 Å². The summed E-state index contributed by atoms with van der Waals surface area (Å²) >= 11 is 1.84. The first-order valence-electron chi connectivity index (χ1n) is 8.80. The van der Waals surface area contributed by atoms with E-state index in [2.05, 4.69) is 28.1 Å². The molecule has 5 nitrogen and oxygen atoms in total. The Morgan fingerprint density at radius 1 is 1.12 bits per heavy atom. The van der Waals surface area contributed by atoms with Gasteiger partial charge in [-0.2, -0.15) is 0 Å². The summed E-state index contributed by atoms with van der Waals surface area (Å²) in [6.45, 7) is 2.28. The van der Waals surface area contributed by atoms with Crippen molar-refractivity contribution in [3.05, 3.63) is 65.7 Å². The second-order valence-electron chi connectivity index (χ2n) is 6.09. The average molecular weight is 369 g/mol. The van der Waals surface area contributed by atoms with E-state index in [1.54, 1.807) is 0 Å². The number of imide groups is 1. The molecule has 0 saturated carbocycles. The van der Waals surface area contributed by atoms with E-state index in [-0.39, 0.29) is 11.9 Å². The van der Waals surface area contributed by atoms with Gasteiger partial charge < -0.3 is 5.32 Å². The number of carbonyl (C=O) groups excluding carboxylic acids is 2. The lowest BCUT2D eigenvalue weighted by Crippen LogP contribution is -2.46. The van der Waals surface area contributed by atoms with Gasteiger partial charge in [-0.05, 0) is 36.3 Å². The molecule has 3 N–H and O–H groups in total. The van der Waals surface area contributed by atoms with Gasteiger partial charge in [0.1, 0.15) is 6.04 Å². The predicted octanol–water partition coefficient (Wildman–Crippen LogP) is 3.40. The summed E-state index contributed by atoms with van der Waals surface area (Å²) in [6, 6.07) is 16.8. The first-order chi connectivity index (χ1) is 12.7. The molecule has 1 aliphatic rings. The zero-order valence-electron chi connectivity index (χ0n) is 14.7. The zero-order valence-corrected chi connectivity index (χ0v) is 15.5. The van der Waals surface area contributed by atoms with Crippen LogP contribution in [0.2, 0.25) is 0 Å². The Labute approximate surface area is 157 Å². The number of hydrogen-bond donors (Lipinski definition) is 3. The molecule has 6 heteroatoms. The molecular formula is C20H23N3O2S. The van der Waals surface area contributed by atoms with Gasteiger partial charge in [0.25, 0.3) is 0 Å². The average Bonchev–Trinajstić information content (AvgIpc) is 2.67. The fourth-order valence-electron chi connectivity index (χ4n) is 3.07. The smallest absolute Gasteiger partial charge is 0.321 e. The molecule has 0 aliphatic carbocycles. The number of carbonyl (C=O) groups is 2. The number of fused-ring (bicyclic) bond motifs is 1. The van der Waals surface area contributed by atoms with Gasteiger partial charge in [-0.3, -0.25) is 15.4 Å². The first kappa shape index (κ1) is 18.5. The van der Waals surface area contributed by atoms with Gasteiger partial charge in [0.2, 0.25) is 5.91 Å². The van der Waals surface area contributed by atoms with E-state index in [0.29, 0.717) is 6.54 Å². The normalized spacial score (nSPS) is 17.0. The minimum Gasteiger partial charge on any atom is -0.338 e. The molecule has 0 aromatic heterocycles. The van der Waals surface area contributed by atoms with Crippen LogP contribution in [0.1, 0.15) is 36.6 Å². The molecule has 26 heavy (non-hydrogen) atoms. The third-order valence-corrected chi connectivity index (χ3v) is 5.42. The lowest BCUT2D eigenvalue weighted by Gasteiger charge is -2.30. The molecule has 0 fully saturated rings. The number of nitrogens with one attached hydrogen (secondary N) is 3. The molecule has 0 bridgehead atoms. The minimum absolute atomic E-state index is 0.0673. The highest BCUT2D eigenvalue weighted by Crippen LogP contribution is 2.37. The van der Waals surface area contributed by atoms with Crippen molar-refractivity contribution in [2.24, 2.45) is 0 Å². The van der Waals surface area contributed by atoms with Crippen LogP contribution in [0.25, 0.3) is 0 Å². The van der Waals surface area contributed by atoms with Gasteiger partial charge in [-0.25, -0.2) is 4.79 Å². The third-order valence-electron chi connectivity index (χ3n) is 4.30. The summed E-state index contributed by atoms with van der Waals surface area (Å²) in [5.41, 5.74) is 2.04. The van der Waals surface area contributed by atoms with Gasteiger partial charge in [-0.1, -0.05) is 48.5 Å². The van der Waals surface area contributed by atoms with Gasteiger partial charge >= 0.3 is 6.03 Å². The second-order valence-corrected chi connectivity index (χ2v) is 7.22.